The average molecular weight is 540 g/mol. The first-order chi connectivity index (χ1) is 18.9. The molecule has 2 N–H and O–H groups in total. The number of carboxylic acid groups (broad SMARTS) is 1. The summed E-state index contributed by atoms with van der Waals surface area (Å²) in [5.41, 5.74) is 3.71. The van der Waals surface area contributed by atoms with Crippen molar-refractivity contribution in [3.63, 3.8) is 0 Å². The summed E-state index contributed by atoms with van der Waals surface area (Å²) in [7, 11) is 3.21. The van der Waals surface area contributed by atoms with Gasteiger partial charge in [-0.15, -0.1) is 0 Å². The minimum atomic E-state index is -0.794. The molecule has 1 unspecified atom stereocenters. The molecule has 0 bridgehead atoms. The lowest BCUT2D eigenvalue weighted by Crippen LogP contribution is -2.24. The lowest BCUT2D eigenvalue weighted by molar-refractivity contribution is -0.137. The van der Waals surface area contributed by atoms with Crippen LogP contribution in [0.2, 0.25) is 0 Å². The van der Waals surface area contributed by atoms with Gasteiger partial charge in [0.25, 0.3) is 5.91 Å². The molecule has 1 aliphatic carbocycles. The molecular weight excluding hydrogens is 498 g/mol. The highest BCUT2D eigenvalue weighted by Gasteiger charge is 2.28. The number of aliphatic carboxylic acids is 1. The lowest BCUT2D eigenvalue weighted by atomic mass is 9.95. The Morgan fingerprint density at radius 1 is 1.05 bits per heavy atom. The Morgan fingerprint density at radius 2 is 1.77 bits per heavy atom. The van der Waals surface area contributed by atoms with Gasteiger partial charge in [0.15, 0.2) is 0 Å². The molecule has 4 rings (SSSR count). The van der Waals surface area contributed by atoms with Crippen molar-refractivity contribution in [2.24, 2.45) is 5.92 Å². The average Bonchev–Trinajstić information content (AvgIpc) is 3.76. The number of nitrogens with one attached hydrogen (secondary N) is 1. The molecule has 39 heavy (non-hydrogen) atoms. The van der Waals surface area contributed by atoms with Crippen LogP contribution in [-0.4, -0.2) is 50.5 Å². The monoisotopic (exact) mass is 539 g/mol. The third-order valence-corrected chi connectivity index (χ3v) is 7.39. The number of carbonyl (C=O) groups excluding carboxylic acids is 1. The van der Waals surface area contributed by atoms with E-state index in [1.807, 2.05) is 12.1 Å². The molecule has 1 atom stereocenters. The highest BCUT2D eigenvalue weighted by Crippen LogP contribution is 2.41. The maximum atomic E-state index is 12.4. The number of hydrogen-bond donors (Lipinski definition) is 2. The third-order valence-electron chi connectivity index (χ3n) is 7.39. The number of ether oxygens (including phenoxy) is 4. The molecule has 0 spiro atoms. The number of hydrogen-bond acceptors (Lipinski definition) is 6. The minimum Gasteiger partial charge on any atom is -0.495 e. The number of benzene rings is 2. The summed E-state index contributed by atoms with van der Waals surface area (Å²) in [5.74, 6) is 2.69. The van der Waals surface area contributed by atoms with Gasteiger partial charge in [0.2, 0.25) is 0 Å². The molecule has 0 saturated heterocycles. The van der Waals surface area contributed by atoms with Crippen LogP contribution in [0.5, 0.6) is 23.0 Å². The highest BCUT2D eigenvalue weighted by molar-refractivity contribution is 5.97. The van der Waals surface area contributed by atoms with Crippen molar-refractivity contribution in [1.82, 2.24) is 5.32 Å². The lowest BCUT2D eigenvalue weighted by Gasteiger charge is -2.29. The standard InChI is InChI=1S/C31H41NO7/c1-4-6-23-26(14-10-21-9-11-22(39-29(21)23)12-16-28(33)34)37-17-5-18-38-27-15-13-24(31(35)32-2)30(36-3)25(27)19-20-7-8-20/h10,13-15,20,22H,4-9,11-12,16-19H2,1-3H3,(H,32,35)(H,33,34). The molecule has 1 fully saturated rings. The number of rotatable bonds is 15. The van der Waals surface area contributed by atoms with Crippen LogP contribution in [0.3, 0.4) is 0 Å². The van der Waals surface area contributed by atoms with Gasteiger partial charge in [0.05, 0.1) is 32.0 Å². The van der Waals surface area contributed by atoms with Crippen LogP contribution in [0.4, 0.5) is 0 Å². The van der Waals surface area contributed by atoms with E-state index in [1.165, 1.54) is 12.8 Å². The summed E-state index contributed by atoms with van der Waals surface area (Å²) in [6.07, 6.45) is 7.95. The maximum absolute atomic E-state index is 12.4. The SMILES string of the molecule is CCCc1c(OCCCOc2ccc(C(=O)NC)c(OC)c2CC2CC2)ccc2c1OC(CCC(=O)O)CC2. The van der Waals surface area contributed by atoms with E-state index < -0.39 is 5.97 Å². The van der Waals surface area contributed by atoms with E-state index >= 15 is 0 Å². The molecule has 2 aromatic carbocycles. The van der Waals surface area contributed by atoms with Gasteiger partial charge in [-0.1, -0.05) is 19.4 Å². The van der Waals surface area contributed by atoms with Gasteiger partial charge in [-0.25, -0.2) is 0 Å². The molecular formula is C31H41NO7. The second-order valence-corrected chi connectivity index (χ2v) is 10.4. The predicted octanol–water partition coefficient (Wildman–Crippen LogP) is 5.37. The van der Waals surface area contributed by atoms with E-state index in [0.29, 0.717) is 43.3 Å². The number of carboxylic acids is 1. The number of amides is 1. The van der Waals surface area contributed by atoms with Crippen molar-refractivity contribution in [2.75, 3.05) is 27.4 Å². The highest BCUT2D eigenvalue weighted by atomic mass is 16.5. The Bertz CT molecular complexity index is 1160. The first-order valence-electron chi connectivity index (χ1n) is 14.2. The van der Waals surface area contributed by atoms with Crippen LogP contribution in [0.1, 0.15) is 78.9 Å². The second-order valence-electron chi connectivity index (χ2n) is 10.4. The number of methoxy groups -OCH3 is 1. The molecule has 8 heteroatoms. The fourth-order valence-corrected chi connectivity index (χ4v) is 5.17. The molecule has 1 heterocycles. The molecule has 2 aromatic rings. The summed E-state index contributed by atoms with van der Waals surface area (Å²) >= 11 is 0. The summed E-state index contributed by atoms with van der Waals surface area (Å²) in [6, 6.07) is 7.72. The van der Waals surface area contributed by atoms with Crippen molar-refractivity contribution in [1.29, 1.82) is 0 Å². The third kappa shape index (κ3) is 7.37. The van der Waals surface area contributed by atoms with E-state index in [2.05, 4.69) is 18.3 Å². The zero-order valence-electron chi connectivity index (χ0n) is 23.3. The molecule has 0 aromatic heterocycles. The fraction of sp³-hybridized carbons (Fsp3) is 0.548. The van der Waals surface area contributed by atoms with Gasteiger partial charge in [-0.3, -0.25) is 9.59 Å². The van der Waals surface area contributed by atoms with Crippen LogP contribution >= 0.6 is 0 Å². The quantitative estimate of drug-likeness (QED) is 0.294. The molecule has 2 aliphatic rings. The van der Waals surface area contributed by atoms with Crippen molar-refractivity contribution in [2.45, 2.75) is 77.2 Å². The maximum Gasteiger partial charge on any atom is 0.303 e. The Balaban J connectivity index is 1.38. The topological polar surface area (TPSA) is 103 Å². The Labute approximate surface area is 231 Å². The predicted molar refractivity (Wildman–Crippen MR) is 148 cm³/mol. The van der Waals surface area contributed by atoms with Gasteiger partial charge in [-0.2, -0.15) is 0 Å². The normalized spacial score (nSPS) is 16.1. The number of fused-ring (bicyclic) bond motifs is 1. The number of aryl methyl sites for hydroxylation is 1. The first kappa shape index (κ1) is 28.6. The van der Waals surface area contributed by atoms with Gasteiger partial charge in [-0.05, 0) is 74.6 Å². The summed E-state index contributed by atoms with van der Waals surface area (Å²) in [6.45, 7) is 3.09. The second kappa shape index (κ2) is 13.6. The van der Waals surface area contributed by atoms with Crippen LogP contribution in [0, 0.1) is 5.92 Å². The van der Waals surface area contributed by atoms with E-state index in [-0.39, 0.29) is 18.4 Å². The molecule has 212 valence electrons. The Kier molecular flexibility index (Phi) is 9.96. The Morgan fingerprint density at radius 3 is 2.41 bits per heavy atom. The molecule has 1 aliphatic heterocycles. The van der Waals surface area contributed by atoms with Crippen LogP contribution in [0.25, 0.3) is 0 Å². The largest absolute Gasteiger partial charge is 0.495 e. The zero-order chi connectivity index (χ0) is 27.8. The fourth-order valence-electron chi connectivity index (χ4n) is 5.17. The van der Waals surface area contributed by atoms with Crippen molar-refractivity contribution in [3.8, 4) is 23.0 Å². The van der Waals surface area contributed by atoms with Crippen molar-refractivity contribution < 1.29 is 33.6 Å². The molecule has 0 radical (unpaired) electrons. The van der Waals surface area contributed by atoms with Crippen molar-refractivity contribution >= 4 is 11.9 Å². The van der Waals surface area contributed by atoms with Gasteiger partial charge < -0.3 is 29.4 Å². The van der Waals surface area contributed by atoms with E-state index in [4.69, 9.17) is 24.1 Å². The minimum absolute atomic E-state index is 0.0792. The summed E-state index contributed by atoms with van der Waals surface area (Å²) in [5, 5.41) is 11.7. The van der Waals surface area contributed by atoms with Gasteiger partial charge in [0, 0.05) is 31.0 Å². The Hall–Kier alpha value is -3.42. The van der Waals surface area contributed by atoms with Gasteiger partial charge in [0.1, 0.15) is 23.0 Å². The smallest absolute Gasteiger partial charge is 0.303 e. The zero-order valence-corrected chi connectivity index (χ0v) is 23.3. The number of carbonyl (C=O) groups is 2. The van der Waals surface area contributed by atoms with Crippen LogP contribution < -0.4 is 24.3 Å². The molecule has 1 saturated carbocycles. The van der Waals surface area contributed by atoms with Crippen molar-refractivity contribution in [3.05, 3.63) is 46.5 Å². The summed E-state index contributed by atoms with van der Waals surface area (Å²) in [4.78, 5) is 23.4. The van der Waals surface area contributed by atoms with Crippen LogP contribution in [0.15, 0.2) is 24.3 Å². The van der Waals surface area contributed by atoms with E-state index in [0.717, 1.165) is 66.0 Å². The first-order valence-corrected chi connectivity index (χ1v) is 14.2. The molecule has 1 amide bonds. The van der Waals surface area contributed by atoms with E-state index in [9.17, 15) is 9.59 Å². The molecule has 8 nitrogen and oxygen atoms in total. The van der Waals surface area contributed by atoms with Gasteiger partial charge >= 0.3 is 5.97 Å². The van der Waals surface area contributed by atoms with E-state index in [1.54, 1.807) is 20.2 Å². The summed E-state index contributed by atoms with van der Waals surface area (Å²) < 4.78 is 24.3. The van der Waals surface area contributed by atoms with Crippen LogP contribution in [-0.2, 0) is 24.1 Å².